The molecule has 1 aliphatic heterocycles. The molecule has 0 unspecified atom stereocenters. The SMILES string of the molecule is CC1CCN(c2nc3ncc(C(=O)O)c(=O)n3[nH]2)CC1. The third-order valence-corrected chi connectivity index (χ3v) is 3.67. The smallest absolute Gasteiger partial charge is 0.343 e. The Morgan fingerprint density at radius 3 is 2.80 bits per heavy atom. The van der Waals surface area contributed by atoms with Crippen LogP contribution in [0.15, 0.2) is 11.0 Å². The number of carboxylic acids is 1. The number of nitrogens with zero attached hydrogens (tertiary/aromatic N) is 4. The van der Waals surface area contributed by atoms with Crippen LogP contribution in [0.1, 0.15) is 30.1 Å². The number of hydrogen-bond donors (Lipinski definition) is 2. The number of aromatic amines is 1. The molecule has 0 saturated carbocycles. The molecule has 20 heavy (non-hydrogen) atoms. The summed E-state index contributed by atoms with van der Waals surface area (Å²) in [5.41, 5.74) is -1.02. The highest BCUT2D eigenvalue weighted by Gasteiger charge is 2.20. The summed E-state index contributed by atoms with van der Waals surface area (Å²) in [6, 6.07) is 0. The van der Waals surface area contributed by atoms with Crippen molar-refractivity contribution in [3.63, 3.8) is 0 Å². The number of aromatic carboxylic acids is 1. The first-order valence-electron chi connectivity index (χ1n) is 6.52. The number of carbonyl (C=O) groups is 1. The lowest BCUT2D eigenvalue weighted by Crippen LogP contribution is -2.33. The molecule has 1 aliphatic rings. The Hall–Kier alpha value is -2.38. The predicted molar refractivity (Wildman–Crippen MR) is 71.2 cm³/mol. The number of fused-ring (bicyclic) bond motifs is 1. The van der Waals surface area contributed by atoms with Crippen molar-refractivity contribution >= 4 is 17.7 Å². The molecule has 0 amide bonds. The summed E-state index contributed by atoms with van der Waals surface area (Å²) in [4.78, 5) is 33.1. The lowest BCUT2D eigenvalue weighted by Gasteiger charge is -2.29. The molecule has 3 heterocycles. The van der Waals surface area contributed by atoms with Gasteiger partial charge in [-0.15, -0.1) is 0 Å². The van der Waals surface area contributed by atoms with Crippen LogP contribution in [0.5, 0.6) is 0 Å². The molecule has 2 aromatic rings. The lowest BCUT2D eigenvalue weighted by atomic mass is 10.00. The molecule has 1 fully saturated rings. The highest BCUT2D eigenvalue weighted by atomic mass is 16.4. The van der Waals surface area contributed by atoms with Crippen LogP contribution in [0, 0.1) is 5.92 Å². The molecule has 0 bridgehead atoms. The van der Waals surface area contributed by atoms with E-state index in [1.54, 1.807) is 0 Å². The molecular formula is C12H15N5O3. The first-order chi connectivity index (χ1) is 9.56. The van der Waals surface area contributed by atoms with Crippen LogP contribution < -0.4 is 10.5 Å². The van der Waals surface area contributed by atoms with Gasteiger partial charge in [-0.1, -0.05) is 6.92 Å². The fourth-order valence-electron chi connectivity index (χ4n) is 2.35. The van der Waals surface area contributed by atoms with Gasteiger partial charge in [-0.3, -0.25) is 9.89 Å². The Labute approximate surface area is 114 Å². The summed E-state index contributed by atoms with van der Waals surface area (Å²) < 4.78 is 1.08. The van der Waals surface area contributed by atoms with Gasteiger partial charge in [-0.25, -0.2) is 9.78 Å². The maximum atomic E-state index is 12.0. The number of hydrogen-bond acceptors (Lipinski definition) is 5. The number of H-pyrrole nitrogens is 1. The minimum Gasteiger partial charge on any atom is -0.477 e. The van der Waals surface area contributed by atoms with E-state index >= 15 is 0 Å². The summed E-state index contributed by atoms with van der Waals surface area (Å²) in [6.07, 6.45) is 3.18. The number of rotatable bonds is 2. The van der Waals surface area contributed by atoms with E-state index in [-0.39, 0.29) is 11.3 Å². The van der Waals surface area contributed by atoms with Gasteiger partial charge in [0.15, 0.2) is 0 Å². The van der Waals surface area contributed by atoms with Crippen molar-refractivity contribution in [3.8, 4) is 0 Å². The number of nitrogens with one attached hydrogen (secondary N) is 1. The van der Waals surface area contributed by atoms with Gasteiger partial charge in [0, 0.05) is 13.1 Å². The second-order valence-corrected chi connectivity index (χ2v) is 5.13. The Morgan fingerprint density at radius 2 is 2.15 bits per heavy atom. The highest BCUT2D eigenvalue weighted by molar-refractivity contribution is 5.86. The minimum atomic E-state index is -1.29. The molecule has 0 aromatic carbocycles. The average molecular weight is 277 g/mol. The average Bonchev–Trinajstić information content (AvgIpc) is 2.84. The fraction of sp³-hybridized carbons (Fsp3) is 0.500. The van der Waals surface area contributed by atoms with E-state index in [0.717, 1.165) is 36.6 Å². The maximum absolute atomic E-state index is 12.0. The van der Waals surface area contributed by atoms with Gasteiger partial charge in [0.2, 0.25) is 5.95 Å². The number of aromatic nitrogens is 4. The molecule has 0 aliphatic carbocycles. The van der Waals surface area contributed by atoms with Crippen molar-refractivity contribution in [2.24, 2.45) is 5.92 Å². The first-order valence-corrected chi connectivity index (χ1v) is 6.52. The minimum absolute atomic E-state index is 0.189. The zero-order valence-electron chi connectivity index (χ0n) is 11.0. The van der Waals surface area contributed by atoms with Gasteiger partial charge in [-0.2, -0.15) is 9.50 Å². The second kappa shape index (κ2) is 4.62. The van der Waals surface area contributed by atoms with E-state index in [0.29, 0.717) is 11.9 Å². The van der Waals surface area contributed by atoms with E-state index in [2.05, 4.69) is 26.9 Å². The van der Waals surface area contributed by atoms with Crippen LogP contribution in [0.25, 0.3) is 5.78 Å². The standard InChI is InChI=1S/C12H15N5O3/c1-7-2-4-16(5-3-7)12-14-11-13-6-8(10(19)20)9(18)17(11)15-12/h6-7H,2-5H2,1H3,(H,19,20)(H,13,14,15). The van der Waals surface area contributed by atoms with E-state index < -0.39 is 11.5 Å². The Balaban J connectivity index is 2.01. The zero-order valence-corrected chi connectivity index (χ0v) is 11.0. The van der Waals surface area contributed by atoms with Crippen LogP contribution in [-0.2, 0) is 0 Å². The van der Waals surface area contributed by atoms with E-state index in [1.165, 1.54) is 0 Å². The van der Waals surface area contributed by atoms with Gasteiger partial charge in [0.05, 0.1) is 6.20 Å². The third kappa shape index (κ3) is 2.02. The summed E-state index contributed by atoms with van der Waals surface area (Å²) in [5, 5.41) is 11.7. The van der Waals surface area contributed by atoms with Crippen LogP contribution >= 0.6 is 0 Å². The topological polar surface area (TPSA) is 104 Å². The van der Waals surface area contributed by atoms with Crippen molar-refractivity contribution < 1.29 is 9.90 Å². The predicted octanol–water partition coefficient (Wildman–Crippen LogP) is 0.352. The molecule has 106 valence electrons. The molecule has 0 radical (unpaired) electrons. The Kier molecular flexibility index (Phi) is 2.92. The zero-order chi connectivity index (χ0) is 14.3. The quantitative estimate of drug-likeness (QED) is 0.821. The van der Waals surface area contributed by atoms with E-state index in [4.69, 9.17) is 5.11 Å². The van der Waals surface area contributed by atoms with E-state index in [9.17, 15) is 9.59 Å². The van der Waals surface area contributed by atoms with Crippen molar-refractivity contribution in [1.29, 1.82) is 0 Å². The van der Waals surface area contributed by atoms with Gasteiger partial charge >= 0.3 is 5.97 Å². The van der Waals surface area contributed by atoms with Gasteiger partial charge in [0.25, 0.3) is 11.3 Å². The van der Waals surface area contributed by atoms with Gasteiger partial charge < -0.3 is 10.0 Å². The molecular weight excluding hydrogens is 262 g/mol. The van der Waals surface area contributed by atoms with Crippen molar-refractivity contribution in [2.75, 3.05) is 18.0 Å². The molecule has 2 N–H and O–H groups in total. The summed E-state index contributed by atoms with van der Waals surface area (Å²) >= 11 is 0. The largest absolute Gasteiger partial charge is 0.477 e. The molecule has 8 heteroatoms. The normalized spacial score (nSPS) is 16.8. The van der Waals surface area contributed by atoms with Crippen LogP contribution in [0.3, 0.4) is 0 Å². The van der Waals surface area contributed by atoms with Crippen LogP contribution in [-0.4, -0.2) is 43.7 Å². The maximum Gasteiger partial charge on any atom is 0.343 e. The number of piperidine rings is 1. The monoisotopic (exact) mass is 277 g/mol. The molecule has 3 rings (SSSR count). The fourth-order valence-corrected chi connectivity index (χ4v) is 2.35. The second-order valence-electron chi connectivity index (χ2n) is 5.13. The highest BCUT2D eigenvalue weighted by Crippen LogP contribution is 2.19. The third-order valence-electron chi connectivity index (χ3n) is 3.67. The van der Waals surface area contributed by atoms with Crippen LogP contribution in [0.4, 0.5) is 5.95 Å². The van der Waals surface area contributed by atoms with Crippen molar-refractivity contribution in [1.82, 2.24) is 19.6 Å². The summed E-state index contributed by atoms with van der Waals surface area (Å²) in [6.45, 7) is 3.93. The Morgan fingerprint density at radius 1 is 1.45 bits per heavy atom. The van der Waals surface area contributed by atoms with Crippen molar-refractivity contribution in [3.05, 3.63) is 22.1 Å². The molecule has 8 nitrogen and oxygen atoms in total. The lowest BCUT2D eigenvalue weighted by molar-refractivity contribution is 0.0694. The van der Waals surface area contributed by atoms with Crippen LogP contribution in [0.2, 0.25) is 0 Å². The number of anilines is 1. The molecule has 1 saturated heterocycles. The number of carboxylic acid groups (broad SMARTS) is 1. The van der Waals surface area contributed by atoms with E-state index in [1.807, 2.05) is 0 Å². The molecule has 2 aromatic heterocycles. The summed E-state index contributed by atoms with van der Waals surface area (Å²) in [5.74, 6) is 0.146. The summed E-state index contributed by atoms with van der Waals surface area (Å²) in [7, 11) is 0. The van der Waals surface area contributed by atoms with Crippen molar-refractivity contribution in [2.45, 2.75) is 19.8 Å². The Bertz CT molecular complexity index is 711. The molecule has 0 spiro atoms. The van der Waals surface area contributed by atoms with Gasteiger partial charge in [-0.05, 0) is 18.8 Å². The first kappa shape index (κ1) is 12.6. The molecule has 0 atom stereocenters. The van der Waals surface area contributed by atoms with Gasteiger partial charge in [0.1, 0.15) is 5.56 Å².